The van der Waals surface area contributed by atoms with Crippen LogP contribution in [0.25, 0.3) is 0 Å². The molecule has 1 unspecified atom stereocenters. The van der Waals surface area contributed by atoms with E-state index in [1.165, 1.54) is 50.0 Å². The van der Waals surface area contributed by atoms with Gasteiger partial charge in [-0.25, -0.2) is 19.2 Å². The van der Waals surface area contributed by atoms with Crippen LogP contribution in [0.5, 0.6) is 0 Å². The van der Waals surface area contributed by atoms with Crippen LogP contribution >= 0.6 is 0 Å². The zero-order valence-corrected chi connectivity index (χ0v) is 13.9. The van der Waals surface area contributed by atoms with Crippen molar-refractivity contribution in [3.63, 3.8) is 0 Å². The summed E-state index contributed by atoms with van der Waals surface area (Å²) < 4.78 is 0. The summed E-state index contributed by atoms with van der Waals surface area (Å²) in [7, 11) is 0. The molecule has 0 rings (SSSR count). The topological polar surface area (TPSA) is 118 Å². The minimum absolute atomic E-state index is 0.256. The molecule has 8 heteroatoms. The van der Waals surface area contributed by atoms with Gasteiger partial charge in [0.15, 0.2) is 0 Å². The van der Waals surface area contributed by atoms with E-state index in [4.69, 9.17) is 0 Å². The fourth-order valence-electron chi connectivity index (χ4n) is 2.38. The van der Waals surface area contributed by atoms with Crippen LogP contribution in [0.15, 0.2) is 20.0 Å². The van der Waals surface area contributed by atoms with Gasteiger partial charge in [-0.15, -0.1) is 15.0 Å². The van der Waals surface area contributed by atoms with Crippen molar-refractivity contribution in [2.75, 3.05) is 0 Å². The Labute approximate surface area is 140 Å². The first-order valence-electron chi connectivity index (χ1n) is 8.04. The average Bonchev–Trinajstić information content (AvgIpc) is 2.57. The zero-order valence-electron chi connectivity index (χ0n) is 13.9. The van der Waals surface area contributed by atoms with Gasteiger partial charge in [0.1, 0.15) is 6.04 Å². The second-order valence-electron chi connectivity index (χ2n) is 5.30. The largest absolute Gasteiger partial charge is 0.300 e. The molecule has 0 heterocycles. The molecule has 0 spiro atoms. The van der Waals surface area contributed by atoms with Crippen LogP contribution in [0.3, 0.4) is 0 Å². The van der Waals surface area contributed by atoms with E-state index in [0.717, 1.165) is 19.3 Å². The lowest BCUT2D eigenvalue weighted by Gasteiger charge is -2.21. The molecule has 0 aromatic rings. The van der Waals surface area contributed by atoms with Crippen molar-refractivity contribution in [1.82, 2.24) is 0 Å². The summed E-state index contributed by atoms with van der Waals surface area (Å²) in [6, 6.07) is -1.10. The number of carbonyl (C=O) groups excluding carboxylic acids is 4. The fraction of sp³-hybridized carbons (Fsp3) is 0.750. The van der Waals surface area contributed by atoms with E-state index in [0.29, 0.717) is 6.42 Å². The van der Waals surface area contributed by atoms with E-state index in [2.05, 4.69) is 26.9 Å². The van der Waals surface area contributed by atoms with E-state index >= 15 is 0 Å². The van der Waals surface area contributed by atoms with Crippen LogP contribution in [-0.2, 0) is 19.2 Å². The summed E-state index contributed by atoms with van der Waals surface area (Å²) in [5.74, 6) is -2.16. The minimum atomic E-state index is -2.16. The highest BCUT2D eigenvalue weighted by Gasteiger charge is 2.39. The van der Waals surface area contributed by atoms with Crippen LogP contribution in [0.4, 0.5) is 0 Å². The lowest BCUT2D eigenvalue weighted by atomic mass is 10.0. The molecule has 8 nitrogen and oxygen atoms in total. The van der Waals surface area contributed by atoms with Crippen molar-refractivity contribution in [1.29, 1.82) is 0 Å². The first kappa shape index (κ1) is 21.5. The quantitative estimate of drug-likeness (QED) is 0.276. The van der Waals surface area contributed by atoms with Gasteiger partial charge in [-0.3, -0.25) is 0 Å². The monoisotopic (exact) mass is 334 g/mol. The molecule has 0 aliphatic carbocycles. The van der Waals surface area contributed by atoms with Crippen molar-refractivity contribution >= 4 is 24.3 Å². The molecule has 0 bridgehead atoms. The highest BCUT2D eigenvalue weighted by atomic mass is 16.1. The maximum absolute atomic E-state index is 10.6. The summed E-state index contributed by atoms with van der Waals surface area (Å²) in [5, 5.41) is 0. The Morgan fingerprint density at radius 2 is 1.17 bits per heavy atom. The van der Waals surface area contributed by atoms with E-state index in [-0.39, 0.29) is 6.42 Å². The number of hydrogen-bond donors (Lipinski definition) is 0. The molecule has 0 aliphatic rings. The van der Waals surface area contributed by atoms with Crippen LogP contribution in [0, 0.1) is 0 Å². The lowest BCUT2D eigenvalue weighted by Crippen LogP contribution is -2.35. The molecule has 0 fully saturated rings. The van der Waals surface area contributed by atoms with Gasteiger partial charge in [-0.2, -0.15) is 4.99 Å². The molecule has 0 aromatic heterocycles. The van der Waals surface area contributed by atoms with Gasteiger partial charge in [0.2, 0.25) is 24.3 Å². The van der Waals surface area contributed by atoms with E-state index < -0.39 is 11.8 Å². The summed E-state index contributed by atoms with van der Waals surface area (Å²) >= 11 is 0. The highest BCUT2D eigenvalue weighted by molar-refractivity contribution is 5.44. The van der Waals surface area contributed by atoms with Gasteiger partial charge in [-0.1, -0.05) is 58.3 Å². The van der Waals surface area contributed by atoms with Gasteiger partial charge in [0, 0.05) is 0 Å². The molecule has 0 saturated heterocycles. The number of nitrogens with zero attached hydrogens (tertiary/aromatic N) is 4. The first-order valence-corrected chi connectivity index (χ1v) is 8.04. The van der Waals surface area contributed by atoms with Crippen molar-refractivity contribution in [3.8, 4) is 0 Å². The molecule has 24 heavy (non-hydrogen) atoms. The Morgan fingerprint density at radius 3 is 1.58 bits per heavy atom. The van der Waals surface area contributed by atoms with Gasteiger partial charge in [0.25, 0.3) is 5.79 Å². The summed E-state index contributed by atoms with van der Waals surface area (Å²) in [6.45, 7) is 2.16. The number of isocyanates is 4. The van der Waals surface area contributed by atoms with Crippen molar-refractivity contribution in [3.05, 3.63) is 0 Å². The Kier molecular flexibility index (Phi) is 12.7. The third kappa shape index (κ3) is 8.23. The van der Waals surface area contributed by atoms with Gasteiger partial charge < -0.3 is 0 Å². The van der Waals surface area contributed by atoms with Gasteiger partial charge >= 0.3 is 0 Å². The standard InChI is InChI=1S/C16H22N4O4/c1-2-3-4-5-6-7-8-9-10-15(17-11-21)16(18-12-22,19-13-23)20-14-24/h15H,2-10H2,1H3. The molecule has 0 aliphatic heterocycles. The molecule has 0 saturated carbocycles. The third-order valence-electron chi connectivity index (χ3n) is 3.62. The van der Waals surface area contributed by atoms with Crippen molar-refractivity contribution in [2.45, 2.75) is 76.5 Å². The van der Waals surface area contributed by atoms with E-state index in [9.17, 15) is 19.2 Å². The Balaban J connectivity index is 4.76. The summed E-state index contributed by atoms with van der Waals surface area (Å²) in [6.07, 6.45) is 13.6. The van der Waals surface area contributed by atoms with Gasteiger partial charge in [0.05, 0.1) is 0 Å². The Morgan fingerprint density at radius 1 is 0.708 bits per heavy atom. The molecule has 0 N–H and O–H groups in total. The van der Waals surface area contributed by atoms with E-state index in [1.54, 1.807) is 0 Å². The normalized spacial score (nSPS) is 13.2. The Hall–Kier alpha value is -2.48. The first-order chi connectivity index (χ1) is 11.7. The molecule has 0 radical (unpaired) electrons. The van der Waals surface area contributed by atoms with Gasteiger partial charge in [-0.05, 0) is 6.42 Å². The molecule has 0 aromatic carbocycles. The molecule has 130 valence electrons. The number of aliphatic imine (C=N–C) groups is 4. The number of hydrogen-bond acceptors (Lipinski definition) is 8. The average molecular weight is 334 g/mol. The van der Waals surface area contributed by atoms with Crippen LogP contribution in [0.1, 0.15) is 64.7 Å². The second kappa shape index (κ2) is 14.1. The second-order valence-corrected chi connectivity index (χ2v) is 5.30. The predicted octanol–water partition coefficient (Wildman–Crippen LogP) is 2.88. The fourth-order valence-corrected chi connectivity index (χ4v) is 2.38. The smallest absolute Gasteiger partial charge is 0.211 e. The SMILES string of the molecule is CCCCCCCCCCC(N=C=O)C(N=C=O)(N=C=O)N=C=O. The van der Waals surface area contributed by atoms with Crippen LogP contribution in [0.2, 0.25) is 0 Å². The van der Waals surface area contributed by atoms with Crippen LogP contribution in [-0.4, -0.2) is 36.1 Å². The highest BCUT2D eigenvalue weighted by Crippen LogP contribution is 2.26. The zero-order chi connectivity index (χ0) is 18.1. The maximum atomic E-state index is 10.6. The number of unbranched alkanes of at least 4 members (excludes halogenated alkanes) is 7. The summed E-state index contributed by atoms with van der Waals surface area (Å²) in [4.78, 5) is 55.6. The van der Waals surface area contributed by atoms with E-state index in [1.807, 2.05) is 0 Å². The minimum Gasteiger partial charge on any atom is -0.211 e. The number of rotatable bonds is 14. The Bertz CT molecular complexity index is 507. The maximum Gasteiger partial charge on any atom is 0.300 e. The third-order valence-corrected chi connectivity index (χ3v) is 3.62. The predicted molar refractivity (Wildman–Crippen MR) is 86.2 cm³/mol. The molecular formula is C16H22N4O4. The van der Waals surface area contributed by atoms with Crippen molar-refractivity contribution in [2.24, 2.45) is 20.0 Å². The molecule has 0 amide bonds. The lowest BCUT2D eigenvalue weighted by molar-refractivity contribution is 0.344. The molecular weight excluding hydrogens is 312 g/mol. The molecule has 1 atom stereocenters. The van der Waals surface area contributed by atoms with Crippen molar-refractivity contribution < 1.29 is 19.2 Å². The summed E-state index contributed by atoms with van der Waals surface area (Å²) in [5.41, 5.74) is 0. The van der Waals surface area contributed by atoms with Crippen LogP contribution < -0.4 is 0 Å².